The molecule has 1 aromatic rings. The molecule has 2 aliphatic carbocycles. The number of hydrogen-bond acceptors (Lipinski definition) is 3. The summed E-state index contributed by atoms with van der Waals surface area (Å²) in [5.74, 6) is 2.70. The highest BCUT2D eigenvalue weighted by Crippen LogP contribution is 2.66. The molecule has 1 N–H and O–H groups in total. The van der Waals surface area contributed by atoms with Crippen LogP contribution in [0.4, 0.5) is 0 Å². The van der Waals surface area contributed by atoms with E-state index in [2.05, 4.69) is 10.6 Å². The average Bonchev–Trinajstić information content (AvgIpc) is 2.86. The fraction of sp³-hybridized carbons (Fsp3) is 0.550. The Morgan fingerprint density at radius 2 is 1.96 bits per heavy atom. The fourth-order valence-corrected chi connectivity index (χ4v) is 6.61. The molecule has 25 heavy (non-hydrogen) atoms. The lowest BCUT2D eigenvalue weighted by Gasteiger charge is -2.63. The minimum absolute atomic E-state index is 0.00633. The molecule has 0 aliphatic heterocycles. The van der Waals surface area contributed by atoms with Crippen LogP contribution in [0.2, 0.25) is 0 Å². The SMILES string of the molecule is C#C[C@]1(CCC)[C@@H](C)[C@@H]2C(=O)CC[C@@]21NS(=O)(=O)c1ccc(C)cc1. The van der Waals surface area contributed by atoms with Gasteiger partial charge < -0.3 is 0 Å². The number of ketones is 1. The zero-order chi connectivity index (χ0) is 18.5. The van der Waals surface area contributed by atoms with Crippen molar-refractivity contribution >= 4 is 15.8 Å². The molecule has 2 aliphatic rings. The van der Waals surface area contributed by atoms with E-state index in [0.717, 1.165) is 12.0 Å². The van der Waals surface area contributed by atoms with E-state index in [9.17, 15) is 13.2 Å². The summed E-state index contributed by atoms with van der Waals surface area (Å²) >= 11 is 0. The zero-order valence-electron chi connectivity index (χ0n) is 15.0. The fourth-order valence-electron chi connectivity index (χ4n) is 5.11. The Morgan fingerprint density at radius 1 is 1.32 bits per heavy atom. The first kappa shape index (κ1) is 18.2. The van der Waals surface area contributed by atoms with Gasteiger partial charge in [-0.3, -0.25) is 4.79 Å². The second-order valence-corrected chi connectivity index (χ2v) is 9.17. The molecular weight excluding hydrogens is 334 g/mol. The van der Waals surface area contributed by atoms with Gasteiger partial charge in [-0.25, -0.2) is 13.1 Å². The summed E-state index contributed by atoms with van der Waals surface area (Å²) in [4.78, 5) is 12.6. The molecule has 0 saturated heterocycles. The van der Waals surface area contributed by atoms with Gasteiger partial charge >= 0.3 is 0 Å². The van der Waals surface area contributed by atoms with E-state index >= 15 is 0 Å². The van der Waals surface area contributed by atoms with Gasteiger partial charge in [0.05, 0.1) is 15.8 Å². The predicted molar refractivity (Wildman–Crippen MR) is 97.3 cm³/mol. The van der Waals surface area contributed by atoms with Crippen molar-refractivity contribution in [2.24, 2.45) is 17.3 Å². The number of carbonyl (C=O) groups excluding carboxylic acids is 1. The number of Topliss-reactive ketones (excluding diaryl/α,β-unsaturated/α-hetero) is 1. The number of sulfonamides is 1. The van der Waals surface area contributed by atoms with Crippen LogP contribution in [0.3, 0.4) is 0 Å². The third-order valence-corrected chi connectivity index (χ3v) is 7.79. The molecule has 0 spiro atoms. The molecule has 5 heteroatoms. The molecular formula is C20H25NO3S. The van der Waals surface area contributed by atoms with Crippen molar-refractivity contribution in [1.29, 1.82) is 0 Å². The van der Waals surface area contributed by atoms with Crippen molar-refractivity contribution in [3.8, 4) is 12.3 Å². The molecule has 0 radical (unpaired) electrons. The molecule has 0 aromatic heterocycles. The number of benzene rings is 1. The number of carbonyl (C=O) groups is 1. The normalized spacial score (nSPS) is 34.2. The maximum absolute atomic E-state index is 13.0. The molecule has 3 rings (SSSR count). The Bertz CT molecular complexity index is 837. The quantitative estimate of drug-likeness (QED) is 0.822. The topological polar surface area (TPSA) is 63.2 Å². The van der Waals surface area contributed by atoms with Crippen LogP contribution in [0.1, 0.15) is 45.1 Å². The Kier molecular flexibility index (Phi) is 4.33. The molecule has 4 nitrogen and oxygen atoms in total. The number of rotatable bonds is 5. The Hall–Kier alpha value is -1.64. The summed E-state index contributed by atoms with van der Waals surface area (Å²) in [5, 5.41) is 0. The third-order valence-electron chi connectivity index (χ3n) is 6.27. The first-order valence-corrected chi connectivity index (χ1v) is 10.3. The molecule has 2 fully saturated rings. The molecule has 0 amide bonds. The van der Waals surface area contributed by atoms with Crippen LogP contribution in [0.15, 0.2) is 29.2 Å². The number of hydrogen-bond donors (Lipinski definition) is 1. The number of terminal acetylenes is 1. The van der Waals surface area contributed by atoms with Gasteiger partial charge in [-0.2, -0.15) is 0 Å². The molecule has 4 atom stereocenters. The summed E-state index contributed by atoms with van der Waals surface area (Å²) in [6, 6.07) is 6.74. The van der Waals surface area contributed by atoms with E-state index in [4.69, 9.17) is 6.42 Å². The molecule has 0 heterocycles. The Morgan fingerprint density at radius 3 is 2.52 bits per heavy atom. The van der Waals surface area contributed by atoms with E-state index in [0.29, 0.717) is 19.3 Å². The number of fused-ring (bicyclic) bond motifs is 1. The van der Waals surface area contributed by atoms with Gasteiger partial charge in [-0.05, 0) is 37.8 Å². The maximum atomic E-state index is 13.0. The minimum Gasteiger partial charge on any atom is -0.299 e. The lowest BCUT2D eigenvalue weighted by atomic mass is 9.43. The van der Waals surface area contributed by atoms with Gasteiger partial charge in [0.2, 0.25) is 10.0 Å². The smallest absolute Gasteiger partial charge is 0.241 e. The van der Waals surface area contributed by atoms with Crippen molar-refractivity contribution in [3.05, 3.63) is 29.8 Å². The molecule has 0 unspecified atom stereocenters. The molecule has 1 aromatic carbocycles. The van der Waals surface area contributed by atoms with Crippen molar-refractivity contribution in [2.45, 2.75) is 56.9 Å². The van der Waals surface area contributed by atoms with E-state index in [1.165, 1.54) is 0 Å². The van der Waals surface area contributed by atoms with Gasteiger partial charge in [0, 0.05) is 12.3 Å². The average molecular weight is 359 g/mol. The highest BCUT2D eigenvalue weighted by molar-refractivity contribution is 7.89. The van der Waals surface area contributed by atoms with Crippen molar-refractivity contribution in [2.75, 3.05) is 0 Å². The minimum atomic E-state index is -3.74. The highest BCUT2D eigenvalue weighted by atomic mass is 32.2. The first-order chi connectivity index (χ1) is 11.7. The van der Waals surface area contributed by atoms with E-state index < -0.39 is 21.0 Å². The Balaban J connectivity index is 2.04. The van der Waals surface area contributed by atoms with Gasteiger partial charge in [0.15, 0.2) is 0 Å². The van der Waals surface area contributed by atoms with E-state index in [1.54, 1.807) is 24.3 Å². The third kappa shape index (κ3) is 2.38. The largest absolute Gasteiger partial charge is 0.299 e. The zero-order valence-corrected chi connectivity index (χ0v) is 15.8. The number of aryl methyl sites for hydroxylation is 1. The number of nitrogens with one attached hydrogen (secondary N) is 1. The first-order valence-electron chi connectivity index (χ1n) is 8.85. The summed E-state index contributed by atoms with van der Waals surface area (Å²) in [6.07, 6.45) is 8.35. The van der Waals surface area contributed by atoms with Crippen molar-refractivity contribution in [3.63, 3.8) is 0 Å². The lowest BCUT2D eigenvalue weighted by molar-refractivity contribution is -0.141. The van der Waals surface area contributed by atoms with Gasteiger partial charge in [-0.1, -0.05) is 43.9 Å². The van der Waals surface area contributed by atoms with Crippen LogP contribution in [0, 0.1) is 36.5 Å². The summed E-state index contributed by atoms with van der Waals surface area (Å²) in [6.45, 7) is 5.94. The van der Waals surface area contributed by atoms with Gasteiger partial charge in [0.25, 0.3) is 0 Å². The molecule has 0 bridgehead atoms. The monoisotopic (exact) mass is 359 g/mol. The molecule has 2 saturated carbocycles. The van der Waals surface area contributed by atoms with Crippen LogP contribution in [-0.2, 0) is 14.8 Å². The van der Waals surface area contributed by atoms with Crippen molar-refractivity contribution in [1.82, 2.24) is 4.72 Å². The van der Waals surface area contributed by atoms with E-state index in [1.807, 2.05) is 20.8 Å². The van der Waals surface area contributed by atoms with Crippen molar-refractivity contribution < 1.29 is 13.2 Å². The maximum Gasteiger partial charge on any atom is 0.241 e. The Labute approximate surface area is 150 Å². The second-order valence-electron chi connectivity index (χ2n) is 7.49. The standard InChI is InChI=1S/C20H25NO3S/c1-5-12-19(6-2)15(4)18-17(22)11-13-20(18,19)21-25(23,24)16-9-7-14(3)8-10-16/h2,7-10,15,18,21H,5,11-13H2,1,3-4H3/t15-,18+,19-,20+/m0/s1. The second kappa shape index (κ2) is 5.96. The highest BCUT2D eigenvalue weighted by Gasteiger charge is 2.74. The van der Waals surface area contributed by atoms with Gasteiger partial charge in [-0.15, -0.1) is 6.42 Å². The predicted octanol–water partition coefficient (Wildman–Crippen LogP) is 3.06. The van der Waals surface area contributed by atoms with Crippen LogP contribution >= 0.6 is 0 Å². The van der Waals surface area contributed by atoms with Crippen LogP contribution < -0.4 is 4.72 Å². The van der Waals surface area contributed by atoms with Crippen LogP contribution in [0.25, 0.3) is 0 Å². The molecule has 134 valence electrons. The summed E-state index contributed by atoms with van der Waals surface area (Å²) in [7, 11) is -3.74. The van der Waals surface area contributed by atoms with Crippen LogP contribution in [-0.4, -0.2) is 19.7 Å². The summed E-state index contributed by atoms with van der Waals surface area (Å²) < 4.78 is 28.9. The van der Waals surface area contributed by atoms with Crippen LogP contribution in [0.5, 0.6) is 0 Å². The summed E-state index contributed by atoms with van der Waals surface area (Å²) in [5.41, 5.74) is -0.457. The van der Waals surface area contributed by atoms with E-state index in [-0.39, 0.29) is 22.5 Å². The lowest BCUT2D eigenvalue weighted by Crippen LogP contribution is -2.75. The van der Waals surface area contributed by atoms with Gasteiger partial charge in [0.1, 0.15) is 5.78 Å².